The van der Waals surface area contributed by atoms with E-state index in [-0.39, 0.29) is 5.56 Å². The summed E-state index contributed by atoms with van der Waals surface area (Å²) in [7, 11) is 0. The first kappa shape index (κ1) is 13.5. The Balaban J connectivity index is 2.05. The molecule has 1 aromatic carbocycles. The molecule has 0 aliphatic carbocycles. The Bertz CT molecular complexity index is 931. The molecule has 21 heavy (non-hydrogen) atoms. The lowest BCUT2D eigenvalue weighted by atomic mass is 10.1. The molecule has 0 N–H and O–H groups in total. The van der Waals surface area contributed by atoms with Crippen molar-refractivity contribution in [2.45, 2.75) is 20.4 Å². The minimum absolute atomic E-state index is 0.0122. The zero-order valence-corrected chi connectivity index (χ0v) is 12.6. The van der Waals surface area contributed by atoms with Gasteiger partial charge in [-0.2, -0.15) is 5.26 Å². The van der Waals surface area contributed by atoms with E-state index in [1.807, 2.05) is 31.4 Å². The smallest absolute Gasteiger partial charge is 0.271 e. The van der Waals surface area contributed by atoms with Crippen molar-refractivity contribution >= 4 is 21.6 Å². The summed E-state index contributed by atoms with van der Waals surface area (Å²) in [6.45, 7) is 4.37. The topological polar surface area (TPSA) is 58.7 Å². The van der Waals surface area contributed by atoms with E-state index in [0.717, 1.165) is 22.2 Å². The van der Waals surface area contributed by atoms with E-state index >= 15 is 0 Å². The summed E-state index contributed by atoms with van der Waals surface area (Å²) in [5, 5.41) is 10.8. The minimum Gasteiger partial charge on any atom is -0.294 e. The number of fused-ring (bicyclic) bond motifs is 1. The number of rotatable bonds is 2. The van der Waals surface area contributed by atoms with Crippen LogP contribution in [-0.2, 0) is 6.54 Å². The lowest BCUT2D eigenvalue weighted by Crippen LogP contribution is -2.20. The largest absolute Gasteiger partial charge is 0.294 e. The summed E-state index contributed by atoms with van der Waals surface area (Å²) in [6, 6.07) is 7.62. The zero-order valence-electron chi connectivity index (χ0n) is 11.8. The molecule has 3 rings (SSSR count). The number of aryl methyl sites for hydroxylation is 2. The molecule has 3 aromatic rings. The zero-order chi connectivity index (χ0) is 15.0. The molecule has 5 heteroatoms. The number of benzene rings is 1. The second-order valence-corrected chi connectivity index (χ2v) is 5.91. The van der Waals surface area contributed by atoms with Crippen LogP contribution < -0.4 is 5.56 Å². The number of thiophene rings is 1. The van der Waals surface area contributed by atoms with Crippen molar-refractivity contribution in [3.8, 4) is 6.07 Å². The van der Waals surface area contributed by atoms with Gasteiger partial charge in [0.2, 0.25) is 0 Å². The molecule has 0 spiro atoms. The lowest BCUT2D eigenvalue weighted by Gasteiger charge is -2.08. The molecule has 0 aliphatic heterocycles. The molecular formula is C16H13N3OS. The maximum atomic E-state index is 12.5. The Hall–Kier alpha value is -2.45. The van der Waals surface area contributed by atoms with Gasteiger partial charge < -0.3 is 0 Å². The van der Waals surface area contributed by atoms with Crippen LogP contribution in [0.1, 0.15) is 22.3 Å². The highest BCUT2D eigenvalue weighted by Gasteiger charge is 2.09. The number of nitrogens with zero attached hydrogens (tertiary/aromatic N) is 3. The van der Waals surface area contributed by atoms with Gasteiger partial charge in [0.05, 0.1) is 30.0 Å². The highest BCUT2D eigenvalue weighted by molar-refractivity contribution is 7.17. The summed E-state index contributed by atoms with van der Waals surface area (Å²) in [5.74, 6) is 0. The lowest BCUT2D eigenvalue weighted by molar-refractivity contribution is 0.745. The van der Waals surface area contributed by atoms with Gasteiger partial charge in [0, 0.05) is 0 Å². The third-order valence-electron chi connectivity index (χ3n) is 3.54. The van der Waals surface area contributed by atoms with Gasteiger partial charge in [0.15, 0.2) is 0 Å². The van der Waals surface area contributed by atoms with Crippen LogP contribution in [0.15, 0.2) is 34.7 Å². The average Bonchev–Trinajstić information content (AvgIpc) is 2.86. The van der Waals surface area contributed by atoms with Crippen molar-refractivity contribution in [3.63, 3.8) is 0 Å². The van der Waals surface area contributed by atoms with Crippen molar-refractivity contribution in [3.05, 3.63) is 62.5 Å². The van der Waals surface area contributed by atoms with Crippen molar-refractivity contribution in [1.29, 1.82) is 5.26 Å². The first-order chi connectivity index (χ1) is 10.1. The Morgan fingerprint density at radius 3 is 2.86 bits per heavy atom. The monoisotopic (exact) mass is 295 g/mol. The van der Waals surface area contributed by atoms with Gasteiger partial charge in [-0.15, -0.1) is 11.3 Å². The first-order valence-electron chi connectivity index (χ1n) is 6.53. The number of nitriles is 1. The average molecular weight is 295 g/mol. The molecule has 0 saturated heterocycles. The van der Waals surface area contributed by atoms with Gasteiger partial charge in [-0.05, 0) is 48.1 Å². The summed E-state index contributed by atoms with van der Waals surface area (Å²) in [6.07, 6.45) is 1.60. The van der Waals surface area contributed by atoms with Crippen LogP contribution in [0.5, 0.6) is 0 Å². The van der Waals surface area contributed by atoms with E-state index in [9.17, 15) is 4.79 Å². The molecule has 2 aromatic heterocycles. The fraction of sp³-hybridized carbons (Fsp3) is 0.188. The summed E-state index contributed by atoms with van der Waals surface area (Å²) in [4.78, 5) is 16.8. The predicted octanol–water partition coefficient (Wildman–Crippen LogP) is 2.99. The van der Waals surface area contributed by atoms with Crippen molar-refractivity contribution < 1.29 is 0 Å². The fourth-order valence-corrected chi connectivity index (χ4v) is 3.25. The molecule has 0 radical (unpaired) electrons. The molecule has 104 valence electrons. The summed E-state index contributed by atoms with van der Waals surface area (Å²) < 4.78 is 2.31. The third kappa shape index (κ3) is 2.34. The van der Waals surface area contributed by atoms with Gasteiger partial charge in [-0.3, -0.25) is 9.36 Å². The Morgan fingerprint density at radius 1 is 1.33 bits per heavy atom. The predicted molar refractivity (Wildman–Crippen MR) is 83.6 cm³/mol. The van der Waals surface area contributed by atoms with Crippen LogP contribution in [0.25, 0.3) is 10.2 Å². The Kier molecular flexibility index (Phi) is 3.32. The molecule has 0 atom stereocenters. The number of hydrogen-bond donors (Lipinski definition) is 0. The maximum Gasteiger partial charge on any atom is 0.271 e. The molecule has 0 amide bonds. The summed E-state index contributed by atoms with van der Waals surface area (Å²) >= 11 is 1.44. The van der Waals surface area contributed by atoms with Crippen LogP contribution in [0, 0.1) is 25.2 Å². The number of hydrogen-bond acceptors (Lipinski definition) is 4. The molecule has 0 bridgehead atoms. The van der Waals surface area contributed by atoms with E-state index in [1.165, 1.54) is 11.3 Å². The van der Waals surface area contributed by atoms with E-state index < -0.39 is 0 Å². The van der Waals surface area contributed by atoms with Gasteiger partial charge in [0.25, 0.3) is 5.56 Å². The molecule has 0 aliphatic rings. The molecule has 0 unspecified atom stereocenters. The minimum atomic E-state index is -0.0122. The fourth-order valence-electron chi connectivity index (χ4n) is 2.30. The second-order valence-electron chi connectivity index (χ2n) is 5.03. The first-order valence-corrected chi connectivity index (χ1v) is 7.41. The molecule has 0 fully saturated rings. The van der Waals surface area contributed by atoms with Crippen LogP contribution >= 0.6 is 11.3 Å². The SMILES string of the molecule is Cc1cc(C#N)ccc1Cn1cnc2c(C)csc2c1=O. The molecular weight excluding hydrogens is 282 g/mol. The van der Waals surface area contributed by atoms with Gasteiger partial charge >= 0.3 is 0 Å². The Labute approximate surface area is 125 Å². The number of aromatic nitrogens is 2. The van der Waals surface area contributed by atoms with Crippen molar-refractivity contribution in [2.24, 2.45) is 0 Å². The molecule has 0 saturated carbocycles. The van der Waals surface area contributed by atoms with E-state index in [0.29, 0.717) is 16.8 Å². The second kappa shape index (κ2) is 5.15. The molecule has 2 heterocycles. The van der Waals surface area contributed by atoms with Crippen LogP contribution in [0.2, 0.25) is 0 Å². The standard InChI is InChI=1S/C16H13N3OS/c1-10-5-12(6-17)3-4-13(10)7-19-9-18-14-11(2)8-21-15(14)16(19)20/h3-5,8-9H,7H2,1-2H3. The van der Waals surface area contributed by atoms with E-state index in [1.54, 1.807) is 17.0 Å². The van der Waals surface area contributed by atoms with Gasteiger partial charge in [0.1, 0.15) is 4.70 Å². The van der Waals surface area contributed by atoms with Gasteiger partial charge in [-0.1, -0.05) is 6.07 Å². The molecule has 4 nitrogen and oxygen atoms in total. The summed E-state index contributed by atoms with van der Waals surface area (Å²) in [5.41, 5.74) is 4.47. The quantitative estimate of drug-likeness (QED) is 0.730. The van der Waals surface area contributed by atoms with Crippen molar-refractivity contribution in [1.82, 2.24) is 9.55 Å². The normalized spacial score (nSPS) is 10.7. The maximum absolute atomic E-state index is 12.5. The van der Waals surface area contributed by atoms with E-state index in [4.69, 9.17) is 5.26 Å². The third-order valence-corrected chi connectivity index (χ3v) is 4.61. The van der Waals surface area contributed by atoms with Crippen LogP contribution in [0.4, 0.5) is 0 Å². The van der Waals surface area contributed by atoms with Crippen LogP contribution in [-0.4, -0.2) is 9.55 Å². The van der Waals surface area contributed by atoms with Crippen LogP contribution in [0.3, 0.4) is 0 Å². The van der Waals surface area contributed by atoms with E-state index in [2.05, 4.69) is 11.1 Å². The highest BCUT2D eigenvalue weighted by atomic mass is 32.1. The van der Waals surface area contributed by atoms with Crippen molar-refractivity contribution in [2.75, 3.05) is 0 Å². The highest BCUT2D eigenvalue weighted by Crippen LogP contribution is 2.20. The van der Waals surface area contributed by atoms with Gasteiger partial charge in [-0.25, -0.2) is 4.98 Å². The Morgan fingerprint density at radius 2 is 2.14 bits per heavy atom.